The lowest BCUT2D eigenvalue weighted by Crippen LogP contribution is -2.34. The summed E-state index contributed by atoms with van der Waals surface area (Å²) in [6.45, 7) is 3.80. The summed E-state index contributed by atoms with van der Waals surface area (Å²) in [5.41, 5.74) is 4.77. The molecule has 2 amide bonds. The Hall–Kier alpha value is -4.07. The molecule has 0 saturated heterocycles. The van der Waals surface area contributed by atoms with E-state index in [-0.39, 0.29) is 17.6 Å². The SMILES string of the molecule is CC(=O)NCCNC(=O)c1cnc2ccc(-c3cccnc3-c3ccc(F)c(C)c3)cn12. The van der Waals surface area contributed by atoms with Crippen molar-refractivity contribution in [2.24, 2.45) is 0 Å². The van der Waals surface area contributed by atoms with E-state index in [1.165, 1.54) is 19.2 Å². The summed E-state index contributed by atoms with van der Waals surface area (Å²) in [5.74, 6) is -0.705. The highest BCUT2D eigenvalue weighted by molar-refractivity contribution is 5.93. The Balaban J connectivity index is 1.68. The van der Waals surface area contributed by atoms with Crippen molar-refractivity contribution in [3.05, 3.63) is 78.1 Å². The van der Waals surface area contributed by atoms with E-state index in [0.29, 0.717) is 30.0 Å². The fourth-order valence-electron chi connectivity index (χ4n) is 3.47. The number of pyridine rings is 2. The highest BCUT2D eigenvalue weighted by atomic mass is 19.1. The topological polar surface area (TPSA) is 88.4 Å². The molecule has 8 heteroatoms. The van der Waals surface area contributed by atoms with Crippen molar-refractivity contribution in [3.63, 3.8) is 0 Å². The van der Waals surface area contributed by atoms with Crippen LogP contribution in [0, 0.1) is 12.7 Å². The van der Waals surface area contributed by atoms with Crippen LogP contribution in [0.4, 0.5) is 4.39 Å². The van der Waals surface area contributed by atoms with Crippen molar-refractivity contribution in [1.29, 1.82) is 0 Å². The third-order valence-electron chi connectivity index (χ3n) is 5.07. The molecule has 2 N–H and O–H groups in total. The Kier molecular flexibility index (Phi) is 5.93. The van der Waals surface area contributed by atoms with Crippen LogP contribution < -0.4 is 10.6 Å². The maximum atomic E-state index is 13.8. The molecule has 0 bridgehead atoms. The summed E-state index contributed by atoms with van der Waals surface area (Å²) in [6, 6.07) is 12.4. The standard InChI is InChI=1S/C24H22FN5O2/c1-15-12-17(5-7-20(15)25)23-19(4-3-9-27-23)18-6-8-22-29-13-21(30(22)14-18)24(32)28-11-10-26-16(2)31/h3-9,12-14H,10-11H2,1-2H3,(H,26,31)(H,28,32). The van der Waals surface area contributed by atoms with E-state index >= 15 is 0 Å². The lowest BCUT2D eigenvalue weighted by Gasteiger charge is -2.11. The molecule has 0 saturated carbocycles. The number of benzene rings is 1. The van der Waals surface area contributed by atoms with Crippen molar-refractivity contribution in [3.8, 4) is 22.4 Å². The number of aryl methyl sites for hydroxylation is 1. The first-order valence-electron chi connectivity index (χ1n) is 10.2. The fraction of sp³-hybridized carbons (Fsp3) is 0.167. The Morgan fingerprint density at radius 2 is 1.81 bits per heavy atom. The first-order valence-corrected chi connectivity index (χ1v) is 10.2. The average molecular weight is 431 g/mol. The minimum absolute atomic E-state index is 0.151. The van der Waals surface area contributed by atoms with Crippen molar-refractivity contribution >= 4 is 17.5 Å². The smallest absolute Gasteiger partial charge is 0.269 e. The third-order valence-corrected chi connectivity index (χ3v) is 5.07. The second-order valence-corrected chi connectivity index (χ2v) is 7.39. The molecule has 0 radical (unpaired) electrons. The first-order chi connectivity index (χ1) is 15.4. The number of carbonyl (C=O) groups excluding carboxylic acids is 2. The van der Waals surface area contributed by atoms with E-state index < -0.39 is 0 Å². The van der Waals surface area contributed by atoms with Gasteiger partial charge in [-0.15, -0.1) is 0 Å². The zero-order valence-electron chi connectivity index (χ0n) is 17.7. The minimum atomic E-state index is -0.291. The van der Waals surface area contributed by atoms with Gasteiger partial charge in [0.15, 0.2) is 0 Å². The van der Waals surface area contributed by atoms with Gasteiger partial charge >= 0.3 is 0 Å². The van der Waals surface area contributed by atoms with Crippen LogP contribution >= 0.6 is 0 Å². The van der Waals surface area contributed by atoms with E-state index in [1.807, 2.05) is 30.5 Å². The second kappa shape index (κ2) is 8.97. The monoisotopic (exact) mass is 431 g/mol. The van der Waals surface area contributed by atoms with Gasteiger partial charge < -0.3 is 10.6 Å². The molecule has 3 aromatic heterocycles. The molecule has 0 spiro atoms. The number of halogens is 1. The van der Waals surface area contributed by atoms with Crippen molar-refractivity contribution in [1.82, 2.24) is 25.0 Å². The molecule has 3 heterocycles. The number of nitrogens with one attached hydrogen (secondary N) is 2. The van der Waals surface area contributed by atoms with Gasteiger partial charge in [0.05, 0.1) is 11.9 Å². The Morgan fingerprint density at radius 3 is 2.59 bits per heavy atom. The highest BCUT2D eigenvalue weighted by Gasteiger charge is 2.15. The minimum Gasteiger partial charge on any atom is -0.355 e. The summed E-state index contributed by atoms with van der Waals surface area (Å²) in [7, 11) is 0. The second-order valence-electron chi connectivity index (χ2n) is 7.39. The summed E-state index contributed by atoms with van der Waals surface area (Å²) >= 11 is 0. The van der Waals surface area contributed by atoms with Crippen molar-refractivity contribution in [2.45, 2.75) is 13.8 Å². The number of hydrogen-bond donors (Lipinski definition) is 2. The number of aromatic nitrogens is 3. The van der Waals surface area contributed by atoms with Gasteiger partial charge in [-0.05, 0) is 48.9 Å². The summed E-state index contributed by atoms with van der Waals surface area (Å²) in [6.07, 6.45) is 5.05. The Bertz CT molecular complexity index is 1310. The van der Waals surface area contributed by atoms with Crippen molar-refractivity contribution in [2.75, 3.05) is 13.1 Å². The summed E-state index contributed by atoms with van der Waals surface area (Å²) in [4.78, 5) is 32.4. The van der Waals surface area contributed by atoms with Gasteiger partial charge in [0, 0.05) is 49.1 Å². The van der Waals surface area contributed by atoms with E-state index in [4.69, 9.17) is 0 Å². The molecular weight excluding hydrogens is 409 g/mol. The van der Waals surface area contributed by atoms with Gasteiger partial charge in [-0.1, -0.05) is 6.07 Å². The maximum absolute atomic E-state index is 13.8. The molecule has 0 aliphatic heterocycles. The number of rotatable bonds is 6. The van der Waals surface area contributed by atoms with Gasteiger partial charge in [-0.25, -0.2) is 9.37 Å². The zero-order valence-corrected chi connectivity index (χ0v) is 17.7. The average Bonchev–Trinajstić information content (AvgIpc) is 3.22. The summed E-state index contributed by atoms with van der Waals surface area (Å²) < 4.78 is 15.5. The van der Waals surface area contributed by atoms with Crippen LogP contribution in [0.25, 0.3) is 28.0 Å². The molecule has 4 rings (SSSR count). The van der Waals surface area contributed by atoms with Crippen LogP contribution in [-0.2, 0) is 4.79 Å². The Labute approximate surface area is 184 Å². The van der Waals surface area contributed by atoms with Crippen LogP contribution in [0.2, 0.25) is 0 Å². The summed E-state index contributed by atoms with van der Waals surface area (Å²) in [5, 5.41) is 5.41. The van der Waals surface area contributed by atoms with Crippen LogP contribution in [0.3, 0.4) is 0 Å². The number of imidazole rings is 1. The van der Waals surface area contributed by atoms with Gasteiger partial charge in [-0.3, -0.25) is 19.0 Å². The van der Waals surface area contributed by atoms with Crippen LogP contribution in [0.1, 0.15) is 23.0 Å². The van der Waals surface area contributed by atoms with Gasteiger partial charge in [0.1, 0.15) is 17.2 Å². The molecule has 4 aromatic rings. The third kappa shape index (κ3) is 4.34. The predicted octanol–water partition coefficient (Wildman–Crippen LogP) is 3.38. The van der Waals surface area contributed by atoms with E-state index in [9.17, 15) is 14.0 Å². The number of amides is 2. The van der Waals surface area contributed by atoms with Crippen LogP contribution in [0.5, 0.6) is 0 Å². The quantitative estimate of drug-likeness (QED) is 0.458. The molecular formula is C24H22FN5O2. The molecule has 0 aliphatic rings. The number of fused-ring (bicyclic) bond motifs is 1. The zero-order chi connectivity index (χ0) is 22.7. The Morgan fingerprint density at radius 1 is 1.03 bits per heavy atom. The fourth-order valence-corrected chi connectivity index (χ4v) is 3.47. The predicted molar refractivity (Wildman–Crippen MR) is 120 cm³/mol. The largest absolute Gasteiger partial charge is 0.355 e. The molecule has 162 valence electrons. The van der Waals surface area contributed by atoms with Gasteiger partial charge in [0.25, 0.3) is 5.91 Å². The van der Waals surface area contributed by atoms with Gasteiger partial charge in [-0.2, -0.15) is 0 Å². The lowest BCUT2D eigenvalue weighted by atomic mass is 9.99. The number of carbonyl (C=O) groups is 2. The van der Waals surface area contributed by atoms with E-state index in [1.54, 1.807) is 29.7 Å². The first kappa shape index (κ1) is 21.2. The lowest BCUT2D eigenvalue weighted by molar-refractivity contribution is -0.118. The molecule has 7 nitrogen and oxygen atoms in total. The molecule has 32 heavy (non-hydrogen) atoms. The normalized spacial score (nSPS) is 10.8. The van der Waals surface area contributed by atoms with Crippen molar-refractivity contribution < 1.29 is 14.0 Å². The number of nitrogens with zero attached hydrogens (tertiary/aromatic N) is 3. The molecule has 0 aliphatic carbocycles. The molecule has 0 unspecified atom stereocenters. The van der Waals surface area contributed by atoms with E-state index in [0.717, 1.165) is 22.4 Å². The molecule has 1 aromatic carbocycles. The molecule has 0 fully saturated rings. The molecule has 0 atom stereocenters. The van der Waals surface area contributed by atoms with E-state index in [2.05, 4.69) is 20.6 Å². The number of hydrogen-bond acceptors (Lipinski definition) is 4. The van der Waals surface area contributed by atoms with Crippen LogP contribution in [0.15, 0.2) is 61.1 Å². The van der Waals surface area contributed by atoms with Crippen LogP contribution in [-0.4, -0.2) is 39.3 Å². The maximum Gasteiger partial charge on any atom is 0.269 e. The van der Waals surface area contributed by atoms with Gasteiger partial charge in [0.2, 0.25) is 5.91 Å². The highest BCUT2D eigenvalue weighted by Crippen LogP contribution is 2.31.